The van der Waals surface area contributed by atoms with Gasteiger partial charge in [-0.05, 0) is 56.1 Å². The third-order valence-corrected chi connectivity index (χ3v) is 5.42. The second-order valence-corrected chi connectivity index (χ2v) is 6.79. The Balaban J connectivity index is 1.34. The van der Waals surface area contributed by atoms with Crippen molar-refractivity contribution in [2.24, 2.45) is 17.8 Å². The van der Waals surface area contributed by atoms with Crippen LogP contribution >= 0.6 is 0 Å². The molecule has 1 aliphatic heterocycles. The van der Waals surface area contributed by atoms with E-state index >= 15 is 0 Å². The van der Waals surface area contributed by atoms with E-state index in [9.17, 15) is 4.79 Å². The van der Waals surface area contributed by atoms with Crippen molar-refractivity contribution in [1.29, 1.82) is 0 Å². The molecule has 1 heterocycles. The number of rotatable bonds is 3. The molecule has 1 aromatic carbocycles. The Morgan fingerprint density at radius 2 is 2.09 bits per heavy atom. The SMILES string of the molecule is C[C@@H](NC(=O)Nc1ccc2c(c1)OCO2)[C@H]1C[C@H]2CC[C@H]1C2. The lowest BCUT2D eigenvalue weighted by Gasteiger charge is -2.28. The quantitative estimate of drug-likeness (QED) is 0.900. The molecule has 22 heavy (non-hydrogen) atoms. The van der Waals surface area contributed by atoms with E-state index in [0.29, 0.717) is 11.7 Å². The van der Waals surface area contributed by atoms with Crippen LogP contribution in [-0.2, 0) is 0 Å². The lowest BCUT2D eigenvalue weighted by molar-refractivity contribution is 0.174. The molecular formula is C17H22N2O3. The topological polar surface area (TPSA) is 59.6 Å². The Morgan fingerprint density at radius 1 is 1.23 bits per heavy atom. The predicted octanol–water partition coefficient (Wildman–Crippen LogP) is 3.36. The van der Waals surface area contributed by atoms with Crippen molar-refractivity contribution in [2.45, 2.75) is 38.6 Å². The first-order valence-electron chi connectivity index (χ1n) is 8.16. The second-order valence-electron chi connectivity index (χ2n) is 6.79. The molecule has 5 heteroatoms. The van der Waals surface area contributed by atoms with Crippen molar-refractivity contribution in [3.05, 3.63) is 18.2 Å². The van der Waals surface area contributed by atoms with Crippen LogP contribution in [0.3, 0.4) is 0 Å². The van der Waals surface area contributed by atoms with Crippen molar-refractivity contribution in [2.75, 3.05) is 12.1 Å². The smallest absolute Gasteiger partial charge is 0.319 e. The molecule has 0 radical (unpaired) electrons. The first kappa shape index (κ1) is 13.7. The third-order valence-electron chi connectivity index (χ3n) is 5.42. The van der Waals surface area contributed by atoms with Crippen molar-refractivity contribution in [3.63, 3.8) is 0 Å². The van der Waals surface area contributed by atoms with Gasteiger partial charge in [-0.3, -0.25) is 0 Å². The summed E-state index contributed by atoms with van der Waals surface area (Å²) in [6.45, 7) is 2.37. The van der Waals surface area contributed by atoms with Crippen LogP contribution in [0.4, 0.5) is 10.5 Å². The van der Waals surface area contributed by atoms with Crippen LogP contribution in [0.15, 0.2) is 18.2 Å². The molecule has 0 unspecified atom stereocenters. The van der Waals surface area contributed by atoms with Gasteiger partial charge in [0.2, 0.25) is 6.79 Å². The standard InChI is InChI=1S/C17H22N2O3/c1-10(14-7-11-2-3-12(14)6-11)18-17(20)19-13-4-5-15-16(8-13)22-9-21-15/h4-5,8,10-12,14H,2-3,6-7,9H2,1H3,(H2,18,19,20)/t10-,11+,12+,14-/m1/s1. The van der Waals surface area contributed by atoms with Crippen molar-refractivity contribution in [3.8, 4) is 11.5 Å². The Hall–Kier alpha value is -1.91. The highest BCUT2D eigenvalue weighted by Gasteiger charge is 2.42. The number of anilines is 1. The average Bonchev–Trinajstić information content (AvgIpc) is 3.22. The van der Waals surface area contributed by atoms with Gasteiger partial charge in [0.05, 0.1) is 0 Å². The minimum atomic E-state index is -0.144. The van der Waals surface area contributed by atoms with Gasteiger partial charge in [0.15, 0.2) is 11.5 Å². The van der Waals surface area contributed by atoms with E-state index in [1.165, 1.54) is 25.7 Å². The van der Waals surface area contributed by atoms with Crippen LogP contribution in [0.25, 0.3) is 0 Å². The van der Waals surface area contributed by atoms with Gasteiger partial charge in [-0.2, -0.15) is 0 Å². The molecule has 118 valence electrons. The third kappa shape index (κ3) is 2.49. The Bertz CT molecular complexity index is 589. The number of fused-ring (bicyclic) bond motifs is 3. The molecule has 0 saturated heterocycles. The lowest BCUT2D eigenvalue weighted by Crippen LogP contribution is -2.42. The molecule has 3 aliphatic rings. The zero-order chi connectivity index (χ0) is 15.1. The number of carbonyl (C=O) groups is 1. The van der Waals surface area contributed by atoms with Gasteiger partial charge < -0.3 is 20.1 Å². The molecule has 1 aromatic rings. The van der Waals surface area contributed by atoms with E-state index in [0.717, 1.165) is 23.3 Å². The van der Waals surface area contributed by atoms with Gasteiger partial charge >= 0.3 is 6.03 Å². The van der Waals surface area contributed by atoms with Crippen LogP contribution in [0, 0.1) is 17.8 Å². The molecule has 5 nitrogen and oxygen atoms in total. The fourth-order valence-corrected chi connectivity index (χ4v) is 4.36. The summed E-state index contributed by atoms with van der Waals surface area (Å²) >= 11 is 0. The number of hydrogen-bond donors (Lipinski definition) is 2. The fraction of sp³-hybridized carbons (Fsp3) is 0.588. The number of amides is 2. The summed E-state index contributed by atoms with van der Waals surface area (Å²) in [5.41, 5.74) is 0.724. The van der Waals surface area contributed by atoms with Gasteiger partial charge in [-0.15, -0.1) is 0 Å². The molecule has 2 bridgehead atoms. The maximum atomic E-state index is 12.2. The summed E-state index contributed by atoms with van der Waals surface area (Å²) in [7, 11) is 0. The van der Waals surface area contributed by atoms with E-state index < -0.39 is 0 Å². The van der Waals surface area contributed by atoms with Gasteiger partial charge in [0, 0.05) is 17.8 Å². The van der Waals surface area contributed by atoms with E-state index in [2.05, 4.69) is 17.6 Å². The highest BCUT2D eigenvalue weighted by Crippen LogP contribution is 2.49. The molecule has 2 saturated carbocycles. The van der Waals surface area contributed by atoms with Crippen molar-refractivity contribution < 1.29 is 14.3 Å². The molecular weight excluding hydrogens is 280 g/mol. The van der Waals surface area contributed by atoms with Gasteiger partial charge in [0.25, 0.3) is 0 Å². The fourth-order valence-electron chi connectivity index (χ4n) is 4.36. The Morgan fingerprint density at radius 3 is 2.86 bits per heavy atom. The average molecular weight is 302 g/mol. The maximum Gasteiger partial charge on any atom is 0.319 e. The minimum Gasteiger partial charge on any atom is -0.454 e. The number of hydrogen-bond acceptors (Lipinski definition) is 3. The van der Waals surface area contributed by atoms with E-state index in [1.54, 1.807) is 6.07 Å². The molecule has 2 aliphatic carbocycles. The summed E-state index contributed by atoms with van der Waals surface area (Å²) in [5, 5.41) is 5.99. The largest absolute Gasteiger partial charge is 0.454 e. The van der Waals surface area contributed by atoms with Crippen LogP contribution in [0.1, 0.15) is 32.6 Å². The van der Waals surface area contributed by atoms with Crippen LogP contribution in [0.2, 0.25) is 0 Å². The number of carbonyl (C=O) groups excluding carboxylic acids is 1. The molecule has 4 atom stereocenters. The zero-order valence-electron chi connectivity index (χ0n) is 12.8. The number of nitrogens with one attached hydrogen (secondary N) is 2. The van der Waals surface area contributed by atoms with Crippen LogP contribution in [0.5, 0.6) is 11.5 Å². The van der Waals surface area contributed by atoms with E-state index in [4.69, 9.17) is 9.47 Å². The molecule has 4 rings (SSSR count). The first-order chi connectivity index (χ1) is 10.7. The predicted molar refractivity (Wildman–Crippen MR) is 83.1 cm³/mol. The number of ether oxygens (including phenoxy) is 2. The van der Waals surface area contributed by atoms with Gasteiger partial charge in [-0.25, -0.2) is 4.79 Å². The summed E-state index contributed by atoms with van der Waals surface area (Å²) < 4.78 is 10.6. The first-order valence-corrected chi connectivity index (χ1v) is 8.16. The number of benzene rings is 1. The Kier molecular flexibility index (Phi) is 3.36. The minimum absolute atomic E-state index is 0.144. The van der Waals surface area contributed by atoms with E-state index in [1.807, 2.05) is 12.1 Å². The molecule has 2 fully saturated rings. The summed E-state index contributed by atoms with van der Waals surface area (Å²) in [4.78, 5) is 12.2. The molecule has 2 amide bonds. The highest BCUT2D eigenvalue weighted by molar-refractivity contribution is 5.89. The zero-order valence-corrected chi connectivity index (χ0v) is 12.8. The normalized spacial score (nSPS) is 29.4. The molecule has 2 N–H and O–H groups in total. The Labute approximate surface area is 130 Å². The lowest BCUT2D eigenvalue weighted by atomic mass is 9.84. The summed E-state index contributed by atoms with van der Waals surface area (Å²) in [6, 6.07) is 5.52. The van der Waals surface area contributed by atoms with Crippen LogP contribution in [-0.4, -0.2) is 18.9 Å². The van der Waals surface area contributed by atoms with Gasteiger partial charge in [-0.1, -0.05) is 6.42 Å². The van der Waals surface area contributed by atoms with E-state index in [-0.39, 0.29) is 18.9 Å². The van der Waals surface area contributed by atoms with Crippen LogP contribution < -0.4 is 20.1 Å². The highest BCUT2D eigenvalue weighted by atomic mass is 16.7. The second kappa shape index (κ2) is 5.38. The van der Waals surface area contributed by atoms with Gasteiger partial charge in [0.1, 0.15) is 0 Å². The molecule has 0 aromatic heterocycles. The molecule has 0 spiro atoms. The van der Waals surface area contributed by atoms with Crippen molar-refractivity contribution >= 4 is 11.7 Å². The summed E-state index contributed by atoms with van der Waals surface area (Å²) in [6.07, 6.45) is 5.36. The van der Waals surface area contributed by atoms with Crippen molar-refractivity contribution in [1.82, 2.24) is 5.32 Å². The number of urea groups is 1. The summed E-state index contributed by atoms with van der Waals surface area (Å²) in [5.74, 6) is 3.75. The monoisotopic (exact) mass is 302 g/mol. The maximum absolute atomic E-state index is 12.2.